The largest absolute Gasteiger partial charge is 0.311 e. The van der Waals surface area contributed by atoms with Crippen molar-refractivity contribution in [3.05, 3.63) is 10.3 Å². The van der Waals surface area contributed by atoms with Gasteiger partial charge in [-0.1, -0.05) is 5.21 Å². The fraction of sp³-hybridized carbons (Fsp3) is 0.818. The highest BCUT2D eigenvalue weighted by Crippen LogP contribution is 2.42. The van der Waals surface area contributed by atoms with Crippen molar-refractivity contribution < 1.29 is 8.78 Å². The van der Waals surface area contributed by atoms with E-state index < -0.39 is 5.92 Å². The van der Waals surface area contributed by atoms with Crippen molar-refractivity contribution in [2.45, 2.75) is 37.6 Å². The van der Waals surface area contributed by atoms with Crippen LogP contribution in [0.25, 0.3) is 0 Å². The molecule has 4 nitrogen and oxygen atoms in total. The first-order valence-electron chi connectivity index (χ1n) is 6.05. The number of alkyl halides is 2. The standard InChI is InChI=1S/C11H17BrF2N4/c1-15-8(9-10(12)16-17-18(9)2)7-4-3-5-11(13,14)6-7/h7-8,15H,3-6H2,1-2H3. The van der Waals surface area contributed by atoms with E-state index >= 15 is 0 Å². The second-order valence-electron chi connectivity index (χ2n) is 4.87. The van der Waals surface area contributed by atoms with Crippen molar-refractivity contribution in [1.29, 1.82) is 0 Å². The van der Waals surface area contributed by atoms with Crippen LogP contribution < -0.4 is 5.32 Å². The van der Waals surface area contributed by atoms with Gasteiger partial charge in [-0.2, -0.15) is 0 Å². The summed E-state index contributed by atoms with van der Waals surface area (Å²) in [4.78, 5) is 0. The monoisotopic (exact) mass is 322 g/mol. The number of halogens is 3. The van der Waals surface area contributed by atoms with Crippen LogP contribution in [-0.4, -0.2) is 28.0 Å². The molecule has 2 rings (SSSR count). The molecular weight excluding hydrogens is 306 g/mol. The molecule has 18 heavy (non-hydrogen) atoms. The van der Waals surface area contributed by atoms with E-state index in [4.69, 9.17) is 0 Å². The Bertz CT molecular complexity index is 402. The molecule has 2 atom stereocenters. The summed E-state index contributed by atoms with van der Waals surface area (Å²) < 4.78 is 29.3. The summed E-state index contributed by atoms with van der Waals surface area (Å²) in [6.45, 7) is 0. The van der Waals surface area contributed by atoms with Gasteiger partial charge < -0.3 is 5.32 Å². The first kappa shape index (κ1) is 13.9. The Morgan fingerprint density at radius 1 is 1.56 bits per heavy atom. The summed E-state index contributed by atoms with van der Waals surface area (Å²) in [5.74, 6) is -2.64. The topological polar surface area (TPSA) is 42.7 Å². The molecule has 102 valence electrons. The molecule has 1 aromatic heterocycles. The van der Waals surface area contributed by atoms with E-state index in [1.807, 2.05) is 0 Å². The van der Waals surface area contributed by atoms with Crippen molar-refractivity contribution in [2.24, 2.45) is 13.0 Å². The quantitative estimate of drug-likeness (QED) is 0.930. The third-order valence-corrected chi connectivity index (χ3v) is 4.15. The Hall–Kier alpha value is -0.560. The van der Waals surface area contributed by atoms with Gasteiger partial charge >= 0.3 is 0 Å². The van der Waals surface area contributed by atoms with Gasteiger partial charge in [-0.05, 0) is 41.7 Å². The van der Waals surface area contributed by atoms with Gasteiger partial charge in [0.15, 0.2) is 4.60 Å². The van der Waals surface area contributed by atoms with E-state index in [1.54, 1.807) is 18.8 Å². The molecule has 1 fully saturated rings. The molecule has 1 aliphatic rings. The molecular formula is C11H17BrF2N4. The Labute approximate surface area is 113 Å². The van der Waals surface area contributed by atoms with E-state index in [1.165, 1.54) is 0 Å². The Balaban J connectivity index is 2.24. The maximum absolute atomic E-state index is 13.5. The maximum Gasteiger partial charge on any atom is 0.248 e. The van der Waals surface area contributed by atoms with Crippen molar-refractivity contribution in [3.8, 4) is 0 Å². The third-order valence-electron chi connectivity index (χ3n) is 3.58. The normalized spacial score (nSPS) is 25.1. The molecule has 1 aliphatic carbocycles. The predicted octanol–water partition coefficient (Wildman–Crippen LogP) is 2.66. The molecule has 0 spiro atoms. The minimum atomic E-state index is -2.55. The summed E-state index contributed by atoms with van der Waals surface area (Å²) >= 11 is 3.33. The minimum absolute atomic E-state index is 0.00470. The van der Waals surface area contributed by atoms with Crippen molar-refractivity contribution >= 4 is 15.9 Å². The molecule has 0 saturated heterocycles. The zero-order valence-corrected chi connectivity index (χ0v) is 12.0. The van der Waals surface area contributed by atoms with E-state index in [0.717, 1.165) is 12.1 Å². The molecule has 0 bridgehead atoms. The number of aryl methyl sites for hydroxylation is 1. The summed E-state index contributed by atoms with van der Waals surface area (Å²) in [5, 5.41) is 11.0. The first-order valence-corrected chi connectivity index (χ1v) is 6.84. The zero-order chi connectivity index (χ0) is 13.3. The molecule has 0 aromatic carbocycles. The fourth-order valence-electron chi connectivity index (χ4n) is 2.76. The average Bonchev–Trinajstić information content (AvgIpc) is 2.61. The lowest BCUT2D eigenvalue weighted by molar-refractivity contribution is -0.0584. The first-order chi connectivity index (χ1) is 8.44. The second-order valence-corrected chi connectivity index (χ2v) is 5.62. The molecule has 1 N–H and O–H groups in total. The number of rotatable bonds is 3. The van der Waals surface area contributed by atoms with Crippen LogP contribution in [0.3, 0.4) is 0 Å². The van der Waals surface area contributed by atoms with Crippen LogP contribution in [0.5, 0.6) is 0 Å². The summed E-state index contributed by atoms with van der Waals surface area (Å²) in [6.07, 6.45) is 1.30. The Morgan fingerprint density at radius 2 is 2.28 bits per heavy atom. The smallest absolute Gasteiger partial charge is 0.248 e. The SMILES string of the molecule is CNC(c1c(Br)nnn1C)C1CCCC(F)(F)C1. The Morgan fingerprint density at radius 3 is 2.78 bits per heavy atom. The number of nitrogens with zero attached hydrogens (tertiary/aromatic N) is 3. The second kappa shape index (κ2) is 5.21. The molecule has 0 radical (unpaired) electrons. The van der Waals surface area contributed by atoms with Gasteiger partial charge in [-0.15, -0.1) is 5.10 Å². The molecule has 1 saturated carbocycles. The summed E-state index contributed by atoms with van der Waals surface area (Å²) in [5.41, 5.74) is 0.834. The summed E-state index contributed by atoms with van der Waals surface area (Å²) in [7, 11) is 3.56. The maximum atomic E-state index is 13.5. The van der Waals surface area contributed by atoms with Gasteiger partial charge in [0.25, 0.3) is 0 Å². The minimum Gasteiger partial charge on any atom is -0.311 e. The fourth-order valence-corrected chi connectivity index (χ4v) is 3.33. The van der Waals surface area contributed by atoms with Gasteiger partial charge in [0.1, 0.15) is 0 Å². The van der Waals surface area contributed by atoms with Crippen LogP contribution in [0.4, 0.5) is 8.78 Å². The Kier molecular flexibility index (Phi) is 4.01. The van der Waals surface area contributed by atoms with Crippen LogP contribution in [-0.2, 0) is 7.05 Å². The van der Waals surface area contributed by atoms with E-state index in [0.29, 0.717) is 11.0 Å². The predicted molar refractivity (Wildman–Crippen MR) is 67.4 cm³/mol. The van der Waals surface area contributed by atoms with Crippen LogP contribution in [0.1, 0.15) is 37.4 Å². The zero-order valence-electron chi connectivity index (χ0n) is 10.5. The van der Waals surface area contributed by atoms with E-state index in [2.05, 4.69) is 31.6 Å². The van der Waals surface area contributed by atoms with Gasteiger partial charge in [0, 0.05) is 19.9 Å². The van der Waals surface area contributed by atoms with Crippen molar-refractivity contribution in [1.82, 2.24) is 20.3 Å². The molecule has 1 heterocycles. The summed E-state index contributed by atoms with van der Waals surface area (Å²) in [6, 6.07) is -0.148. The molecule has 0 amide bonds. The highest BCUT2D eigenvalue weighted by molar-refractivity contribution is 9.10. The number of aromatic nitrogens is 3. The van der Waals surface area contributed by atoms with E-state index in [-0.39, 0.29) is 24.8 Å². The van der Waals surface area contributed by atoms with Crippen molar-refractivity contribution in [3.63, 3.8) is 0 Å². The molecule has 0 aliphatic heterocycles. The lowest BCUT2D eigenvalue weighted by Gasteiger charge is -2.34. The highest BCUT2D eigenvalue weighted by Gasteiger charge is 2.40. The lowest BCUT2D eigenvalue weighted by Crippen LogP contribution is -2.35. The van der Waals surface area contributed by atoms with Crippen molar-refractivity contribution in [2.75, 3.05) is 7.05 Å². The van der Waals surface area contributed by atoms with Crippen LogP contribution in [0.2, 0.25) is 0 Å². The van der Waals surface area contributed by atoms with Crippen LogP contribution in [0.15, 0.2) is 4.60 Å². The number of hydrogen-bond donors (Lipinski definition) is 1. The van der Waals surface area contributed by atoms with Gasteiger partial charge in [-0.3, -0.25) is 0 Å². The van der Waals surface area contributed by atoms with E-state index in [9.17, 15) is 8.78 Å². The average molecular weight is 323 g/mol. The molecule has 2 unspecified atom stereocenters. The number of hydrogen-bond acceptors (Lipinski definition) is 3. The molecule has 7 heteroatoms. The third kappa shape index (κ3) is 2.71. The highest BCUT2D eigenvalue weighted by atomic mass is 79.9. The van der Waals surface area contributed by atoms with Gasteiger partial charge in [0.05, 0.1) is 11.7 Å². The number of nitrogens with one attached hydrogen (secondary N) is 1. The van der Waals surface area contributed by atoms with Crippen LogP contribution in [0, 0.1) is 5.92 Å². The van der Waals surface area contributed by atoms with Gasteiger partial charge in [0.2, 0.25) is 5.92 Å². The molecule has 1 aromatic rings. The van der Waals surface area contributed by atoms with Crippen LogP contribution >= 0.6 is 15.9 Å². The lowest BCUT2D eigenvalue weighted by atomic mass is 9.81. The van der Waals surface area contributed by atoms with Gasteiger partial charge in [-0.25, -0.2) is 13.5 Å².